The summed E-state index contributed by atoms with van der Waals surface area (Å²) in [6.45, 7) is 2.57. The van der Waals surface area contributed by atoms with E-state index < -0.39 is 11.7 Å². The highest BCUT2D eigenvalue weighted by Gasteiger charge is 2.30. The van der Waals surface area contributed by atoms with Crippen LogP contribution in [0.3, 0.4) is 0 Å². The Morgan fingerprint density at radius 2 is 1.65 bits per heavy atom. The van der Waals surface area contributed by atoms with Gasteiger partial charge in [-0.05, 0) is 42.2 Å². The lowest BCUT2D eigenvalue weighted by molar-refractivity contribution is -0.137. The summed E-state index contributed by atoms with van der Waals surface area (Å²) >= 11 is 0. The number of fused-ring (bicyclic) bond motifs is 1. The van der Waals surface area contributed by atoms with Gasteiger partial charge in [-0.25, -0.2) is 0 Å². The Morgan fingerprint density at radius 3 is 2.46 bits per heavy atom. The number of aliphatic imine (C=N–C) groups is 1. The van der Waals surface area contributed by atoms with E-state index in [0.717, 1.165) is 22.7 Å². The van der Waals surface area contributed by atoms with Gasteiger partial charge in [0.15, 0.2) is 0 Å². The number of alkyl halides is 3. The van der Waals surface area contributed by atoms with Crippen molar-refractivity contribution in [3.63, 3.8) is 0 Å². The molecule has 0 bridgehead atoms. The lowest BCUT2D eigenvalue weighted by Gasteiger charge is -2.09. The fourth-order valence-electron chi connectivity index (χ4n) is 3.06. The number of halogens is 3. The van der Waals surface area contributed by atoms with Gasteiger partial charge in [0.1, 0.15) is 0 Å². The molecule has 1 nitrogen and oxygen atoms in total. The van der Waals surface area contributed by atoms with Crippen molar-refractivity contribution in [3.05, 3.63) is 83.4 Å². The van der Waals surface area contributed by atoms with Crippen molar-refractivity contribution in [2.45, 2.75) is 25.9 Å². The number of rotatable bonds is 5. The van der Waals surface area contributed by atoms with Crippen molar-refractivity contribution in [2.75, 3.05) is 6.54 Å². The van der Waals surface area contributed by atoms with Gasteiger partial charge in [0.05, 0.1) is 5.56 Å². The molecule has 0 aliphatic rings. The Morgan fingerprint density at radius 1 is 0.923 bits per heavy atom. The smallest absolute Gasteiger partial charge is 0.289 e. The predicted octanol–water partition coefficient (Wildman–Crippen LogP) is 6.30. The van der Waals surface area contributed by atoms with Gasteiger partial charge in [0.2, 0.25) is 0 Å². The minimum atomic E-state index is -4.29. The second-order valence-electron chi connectivity index (χ2n) is 6.30. The molecule has 0 radical (unpaired) electrons. The molecule has 0 saturated carbocycles. The SMILES string of the molecule is CC(=NCCCc1cccc(C(F)(F)F)c1)c1cccc2ccccc12. The highest BCUT2D eigenvalue weighted by molar-refractivity contribution is 6.09. The number of hydrogen-bond acceptors (Lipinski definition) is 1. The largest absolute Gasteiger partial charge is 0.416 e. The molecule has 0 aliphatic carbocycles. The van der Waals surface area contributed by atoms with Crippen molar-refractivity contribution in [2.24, 2.45) is 4.99 Å². The van der Waals surface area contributed by atoms with E-state index in [9.17, 15) is 13.2 Å². The second-order valence-corrected chi connectivity index (χ2v) is 6.30. The van der Waals surface area contributed by atoms with E-state index in [1.807, 2.05) is 31.2 Å². The molecule has 0 atom stereocenters. The molecule has 0 N–H and O–H groups in total. The van der Waals surface area contributed by atoms with Crippen molar-refractivity contribution in [1.82, 2.24) is 0 Å². The quantitative estimate of drug-likeness (QED) is 0.376. The minimum absolute atomic E-state index is 0.580. The van der Waals surface area contributed by atoms with E-state index in [1.54, 1.807) is 6.07 Å². The maximum absolute atomic E-state index is 12.8. The summed E-state index contributed by atoms with van der Waals surface area (Å²) in [6, 6.07) is 19.8. The molecule has 0 heterocycles. The maximum atomic E-state index is 12.8. The number of nitrogens with zero attached hydrogens (tertiary/aromatic N) is 1. The molecule has 3 rings (SSSR count). The van der Waals surface area contributed by atoms with E-state index in [0.29, 0.717) is 24.9 Å². The monoisotopic (exact) mass is 355 g/mol. The van der Waals surface area contributed by atoms with Crippen LogP contribution < -0.4 is 0 Å². The summed E-state index contributed by atoms with van der Waals surface area (Å²) in [5.74, 6) is 0. The van der Waals surface area contributed by atoms with Crippen LogP contribution in [0.2, 0.25) is 0 Å². The van der Waals surface area contributed by atoms with Crippen molar-refractivity contribution >= 4 is 16.5 Å². The van der Waals surface area contributed by atoms with E-state index in [-0.39, 0.29) is 0 Å². The summed E-state index contributed by atoms with van der Waals surface area (Å²) < 4.78 is 38.3. The summed E-state index contributed by atoms with van der Waals surface area (Å²) in [7, 11) is 0. The van der Waals surface area contributed by atoms with Crippen LogP contribution in [-0.4, -0.2) is 12.3 Å². The first-order valence-corrected chi connectivity index (χ1v) is 8.60. The Kier molecular flexibility index (Phi) is 5.40. The van der Waals surface area contributed by atoms with Crippen LogP contribution >= 0.6 is 0 Å². The standard InChI is InChI=1S/C22H20F3N/c1-16(20-13-5-10-18-9-2-3-12-21(18)20)26-14-6-8-17-7-4-11-19(15-17)22(23,24)25/h2-5,7,9-13,15H,6,8,14H2,1H3. The topological polar surface area (TPSA) is 12.4 Å². The molecule has 3 aromatic rings. The summed E-state index contributed by atoms with van der Waals surface area (Å²) in [5.41, 5.74) is 2.15. The zero-order valence-electron chi connectivity index (χ0n) is 14.6. The molecule has 0 amide bonds. The zero-order chi connectivity index (χ0) is 18.6. The Hall–Kier alpha value is -2.62. The molecule has 0 fully saturated rings. The van der Waals surface area contributed by atoms with E-state index in [4.69, 9.17) is 0 Å². The van der Waals surface area contributed by atoms with Crippen LogP contribution in [0.1, 0.15) is 30.0 Å². The third-order valence-electron chi connectivity index (χ3n) is 4.41. The molecule has 4 heteroatoms. The van der Waals surface area contributed by atoms with Crippen LogP contribution in [0.15, 0.2) is 71.7 Å². The number of hydrogen-bond donors (Lipinski definition) is 0. The van der Waals surface area contributed by atoms with Crippen LogP contribution in [0.4, 0.5) is 13.2 Å². The lowest BCUT2D eigenvalue weighted by atomic mass is 10.0. The third-order valence-corrected chi connectivity index (χ3v) is 4.41. The average Bonchev–Trinajstić information content (AvgIpc) is 2.64. The van der Waals surface area contributed by atoms with E-state index >= 15 is 0 Å². The molecule has 3 aromatic carbocycles. The van der Waals surface area contributed by atoms with Gasteiger partial charge < -0.3 is 0 Å². The van der Waals surface area contributed by atoms with Gasteiger partial charge in [0, 0.05) is 17.8 Å². The van der Waals surface area contributed by atoms with E-state index in [2.05, 4.69) is 23.2 Å². The normalized spacial score (nSPS) is 12.5. The first-order chi connectivity index (χ1) is 12.4. The Labute approximate surface area is 151 Å². The van der Waals surface area contributed by atoms with Gasteiger partial charge >= 0.3 is 6.18 Å². The first-order valence-electron chi connectivity index (χ1n) is 8.60. The number of benzene rings is 3. The minimum Gasteiger partial charge on any atom is -0.289 e. The molecule has 0 spiro atoms. The Balaban J connectivity index is 1.65. The first kappa shape index (κ1) is 18.2. The molecule has 134 valence electrons. The average molecular weight is 355 g/mol. The van der Waals surface area contributed by atoms with E-state index in [1.165, 1.54) is 17.5 Å². The fraction of sp³-hybridized carbons (Fsp3) is 0.227. The van der Waals surface area contributed by atoms with Gasteiger partial charge in [-0.1, -0.05) is 60.7 Å². The van der Waals surface area contributed by atoms with Gasteiger partial charge in [0.25, 0.3) is 0 Å². The molecule has 0 aliphatic heterocycles. The fourth-order valence-corrected chi connectivity index (χ4v) is 3.06. The predicted molar refractivity (Wildman–Crippen MR) is 101 cm³/mol. The molecule has 26 heavy (non-hydrogen) atoms. The molecular weight excluding hydrogens is 335 g/mol. The van der Waals surface area contributed by atoms with Crippen LogP contribution in [-0.2, 0) is 12.6 Å². The van der Waals surface area contributed by atoms with Crippen LogP contribution in [0.5, 0.6) is 0 Å². The van der Waals surface area contributed by atoms with Crippen molar-refractivity contribution in [3.8, 4) is 0 Å². The Bertz CT molecular complexity index is 921. The zero-order valence-corrected chi connectivity index (χ0v) is 14.6. The molecule has 0 saturated heterocycles. The highest BCUT2D eigenvalue weighted by atomic mass is 19.4. The third kappa shape index (κ3) is 4.31. The van der Waals surface area contributed by atoms with Gasteiger partial charge in [-0.15, -0.1) is 0 Å². The van der Waals surface area contributed by atoms with Gasteiger partial charge in [-0.2, -0.15) is 13.2 Å². The summed E-state index contributed by atoms with van der Waals surface area (Å²) in [6.07, 6.45) is -3.00. The number of aryl methyl sites for hydroxylation is 1. The van der Waals surface area contributed by atoms with Gasteiger partial charge in [-0.3, -0.25) is 4.99 Å². The summed E-state index contributed by atoms with van der Waals surface area (Å²) in [4.78, 5) is 4.63. The molecule has 0 unspecified atom stereocenters. The summed E-state index contributed by atoms with van der Waals surface area (Å²) in [5, 5.41) is 2.33. The maximum Gasteiger partial charge on any atom is 0.416 e. The van der Waals surface area contributed by atoms with Crippen LogP contribution in [0.25, 0.3) is 10.8 Å². The van der Waals surface area contributed by atoms with Crippen LogP contribution in [0, 0.1) is 0 Å². The highest BCUT2D eigenvalue weighted by Crippen LogP contribution is 2.29. The second kappa shape index (κ2) is 7.73. The lowest BCUT2D eigenvalue weighted by Crippen LogP contribution is -2.05. The van der Waals surface area contributed by atoms with Crippen molar-refractivity contribution in [1.29, 1.82) is 0 Å². The molecular formula is C22H20F3N. The van der Waals surface area contributed by atoms with Crippen molar-refractivity contribution < 1.29 is 13.2 Å². The molecule has 0 aromatic heterocycles.